The minimum atomic E-state index is -0.346. The summed E-state index contributed by atoms with van der Waals surface area (Å²) in [6, 6.07) is 11.7. The molecule has 3 rings (SSSR count). The number of benzene rings is 2. The van der Waals surface area contributed by atoms with Gasteiger partial charge in [0.25, 0.3) is 5.91 Å². The van der Waals surface area contributed by atoms with E-state index < -0.39 is 0 Å². The van der Waals surface area contributed by atoms with Crippen molar-refractivity contribution in [3.05, 3.63) is 65.1 Å². The van der Waals surface area contributed by atoms with Crippen molar-refractivity contribution in [2.24, 2.45) is 0 Å². The quantitative estimate of drug-likeness (QED) is 0.721. The smallest absolute Gasteiger partial charge is 0.253 e. The van der Waals surface area contributed by atoms with E-state index in [1.807, 2.05) is 18.2 Å². The summed E-state index contributed by atoms with van der Waals surface area (Å²) in [5.74, 6) is 0.774. The zero-order valence-corrected chi connectivity index (χ0v) is 15.5. The maximum Gasteiger partial charge on any atom is 0.253 e. The van der Waals surface area contributed by atoms with Crippen LogP contribution in [-0.2, 0) is 6.42 Å². The van der Waals surface area contributed by atoms with E-state index in [1.54, 1.807) is 33.3 Å². The molecule has 1 N–H and O–H groups in total. The van der Waals surface area contributed by atoms with Gasteiger partial charge in [0.15, 0.2) is 11.5 Å². The Bertz CT molecular complexity index is 989. The Balaban J connectivity index is 1.68. The Morgan fingerprint density at radius 1 is 1.07 bits per heavy atom. The SMILES string of the molecule is COc1ccc(CCNC(=O)c2cc3ccc(F)cc3nc2C)cc1OC. The molecule has 2 aromatic carbocycles. The largest absolute Gasteiger partial charge is 0.493 e. The second-order valence-corrected chi connectivity index (χ2v) is 6.15. The molecule has 0 fully saturated rings. The Hall–Kier alpha value is -3.15. The molecule has 3 aromatic rings. The lowest BCUT2D eigenvalue weighted by Gasteiger charge is -2.11. The third-order valence-corrected chi connectivity index (χ3v) is 4.36. The molecule has 0 atom stereocenters. The number of hydrogen-bond donors (Lipinski definition) is 1. The van der Waals surface area contributed by atoms with Crippen molar-refractivity contribution in [2.75, 3.05) is 20.8 Å². The zero-order valence-electron chi connectivity index (χ0n) is 15.5. The summed E-state index contributed by atoms with van der Waals surface area (Å²) in [6.07, 6.45) is 0.650. The van der Waals surface area contributed by atoms with Crippen molar-refractivity contribution in [3.63, 3.8) is 0 Å². The second-order valence-electron chi connectivity index (χ2n) is 6.15. The van der Waals surface area contributed by atoms with Gasteiger partial charge in [-0.3, -0.25) is 9.78 Å². The Kier molecular flexibility index (Phi) is 5.54. The topological polar surface area (TPSA) is 60.5 Å². The van der Waals surface area contributed by atoms with Crippen molar-refractivity contribution in [1.82, 2.24) is 10.3 Å². The van der Waals surface area contributed by atoms with Crippen LogP contribution in [0.1, 0.15) is 21.6 Å². The van der Waals surface area contributed by atoms with E-state index in [2.05, 4.69) is 10.3 Å². The predicted molar refractivity (Wildman–Crippen MR) is 102 cm³/mol. The molecular weight excluding hydrogens is 347 g/mol. The monoisotopic (exact) mass is 368 g/mol. The van der Waals surface area contributed by atoms with Crippen molar-refractivity contribution in [2.45, 2.75) is 13.3 Å². The molecule has 0 aliphatic rings. The van der Waals surface area contributed by atoms with E-state index in [-0.39, 0.29) is 11.7 Å². The summed E-state index contributed by atoms with van der Waals surface area (Å²) >= 11 is 0. The van der Waals surface area contributed by atoms with Crippen LogP contribution in [-0.4, -0.2) is 31.7 Å². The number of aromatic nitrogens is 1. The first kappa shape index (κ1) is 18.6. The molecule has 0 aliphatic carbocycles. The number of ether oxygens (including phenoxy) is 2. The fourth-order valence-electron chi connectivity index (χ4n) is 2.92. The van der Waals surface area contributed by atoms with Crippen LogP contribution in [0.4, 0.5) is 4.39 Å². The highest BCUT2D eigenvalue weighted by atomic mass is 19.1. The maximum atomic E-state index is 13.3. The number of methoxy groups -OCH3 is 2. The zero-order chi connectivity index (χ0) is 19.4. The molecule has 6 heteroatoms. The molecule has 1 amide bonds. The number of carbonyl (C=O) groups is 1. The van der Waals surface area contributed by atoms with Gasteiger partial charge in [-0.15, -0.1) is 0 Å². The van der Waals surface area contributed by atoms with Crippen molar-refractivity contribution >= 4 is 16.8 Å². The Morgan fingerprint density at radius 3 is 2.59 bits per heavy atom. The highest BCUT2D eigenvalue weighted by Gasteiger charge is 2.12. The number of hydrogen-bond acceptors (Lipinski definition) is 4. The first-order valence-corrected chi connectivity index (χ1v) is 8.58. The minimum absolute atomic E-state index is 0.202. The van der Waals surface area contributed by atoms with E-state index in [0.29, 0.717) is 41.2 Å². The molecule has 1 aromatic heterocycles. The number of fused-ring (bicyclic) bond motifs is 1. The first-order chi connectivity index (χ1) is 13.0. The summed E-state index contributed by atoms with van der Waals surface area (Å²) in [5.41, 5.74) is 2.62. The third kappa shape index (κ3) is 4.16. The molecule has 0 aliphatic heterocycles. The van der Waals surface area contributed by atoms with E-state index in [9.17, 15) is 9.18 Å². The Morgan fingerprint density at radius 2 is 1.85 bits per heavy atom. The molecule has 0 saturated carbocycles. The lowest BCUT2D eigenvalue weighted by Crippen LogP contribution is -2.26. The molecule has 5 nitrogen and oxygen atoms in total. The van der Waals surface area contributed by atoms with Gasteiger partial charge in [0.2, 0.25) is 0 Å². The second kappa shape index (κ2) is 8.03. The van der Waals surface area contributed by atoms with Crippen LogP contribution in [0.2, 0.25) is 0 Å². The fraction of sp³-hybridized carbons (Fsp3) is 0.238. The fourth-order valence-corrected chi connectivity index (χ4v) is 2.92. The molecule has 0 saturated heterocycles. The van der Waals surface area contributed by atoms with E-state index >= 15 is 0 Å². The van der Waals surface area contributed by atoms with Crippen LogP contribution < -0.4 is 14.8 Å². The van der Waals surface area contributed by atoms with Gasteiger partial charge in [0.1, 0.15) is 5.82 Å². The van der Waals surface area contributed by atoms with Crippen LogP contribution in [0.5, 0.6) is 11.5 Å². The van der Waals surface area contributed by atoms with Crippen molar-refractivity contribution in [1.29, 1.82) is 0 Å². The average molecular weight is 368 g/mol. The molecule has 27 heavy (non-hydrogen) atoms. The number of pyridine rings is 1. The molecule has 1 heterocycles. The minimum Gasteiger partial charge on any atom is -0.493 e. The first-order valence-electron chi connectivity index (χ1n) is 8.58. The van der Waals surface area contributed by atoms with Gasteiger partial charge in [-0.1, -0.05) is 6.07 Å². The van der Waals surface area contributed by atoms with Gasteiger partial charge in [0, 0.05) is 18.0 Å². The van der Waals surface area contributed by atoms with Gasteiger partial charge >= 0.3 is 0 Å². The van der Waals surface area contributed by atoms with E-state index in [0.717, 1.165) is 10.9 Å². The van der Waals surface area contributed by atoms with Crippen molar-refractivity contribution in [3.8, 4) is 11.5 Å². The third-order valence-electron chi connectivity index (χ3n) is 4.36. The molecule has 0 unspecified atom stereocenters. The van der Waals surface area contributed by atoms with Crippen LogP contribution in [0.25, 0.3) is 10.9 Å². The number of amides is 1. The number of nitrogens with one attached hydrogen (secondary N) is 1. The van der Waals surface area contributed by atoms with E-state index in [1.165, 1.54) is 12.1 Å². The van der Waals surface area contributed by atoms with Crippen LogP contribution in [0, 0.1) is 12.7 Å². The summed E-state index contributed by atoms with van der Waals surface area (Å²) in [6.45, 7) is 2.21. The number of carbonyl (C=O) groups excluding carboxylic acids is 1. The predicted octanol–water partition coefficient (Wildman–Crippen LogP) is 3.67. The number of nitrogens with zero attached hydrogens (tertiary/aromatic N) is 1. The summed E-state index contributed by atoms with van der Waals surface area (Å²) < 4.78 is 23.8. The number of rotatable bonds is 6. The van der Waals surface area contributed by atoms with Crippen LogP contribution in [0.3, 0.4) is 0 Å². The van der Waals surface area contributed by atoms with Crippen molar-refractivity contribution < 1.29 is 18.7 Å². The lowest BCUT2D eigenvalue weighted by molar-refractivity contribution is 0.0953. The Labute approximate surface area is 157 Å². The summed E-state index contributed by atoms with van der Waals surface area (Å²) in [4.78, 5) is 16.9. The van der Waals surface area contributed by atoms with Gasteiger partial charge in [-0.05, 0) is 49.2 Å². The lowest BCUT2D eigenvalue weighted by atomic mass is 10.1. The molecular formula is C21H21FN2O3. The number of aryl methyl sites for hydroxylation is 1. The molecule has 140 valence electrons. The molecule has 0 radical (unpaired) electrons. The van der Waals surface area contributed by atoms with Crippen LogP contribution >= 0.6 is 0 Å². The maximum absolute atomic E-state index is 13.3. The van der Waals surface area contributed by atoms with Gasteiger partial charge in [-0.25, -0.2) is 4.39 Å². The van der Waals surface area contributed by atoms with E-state index in [4.69, 9.17) is 9.47 Å². The standard InChI is InChI=1S/C21H21FN2O3/c1-13-17(11-15-5-6-16(22)12-18(15)24-13)21(25)23-9-8-14-4-7-19(26-2)20(10-14)27-3/h4-7,10-12H,8-9H2,1-3H3,(H,23,25). The van der Waals surface area contributed by atoms with Gasteiger partial charge < -0.3 is 14.8 Å². The molecule has 0 bridgehead atoms. The average Bonchev–Trinajstić information content (AvgIpc) is 2.67. The number of halogens is 1. The molecule has 0 spiro atoms. The normalized spacial score (nSPS) is 10.7. The summed E-state index contributed by atoms with van der Waals surface area (Å²) in [5, 5.41) is 3.63. The highest BCUT2D eigenvalue weighted by molar-refractivity contribution is 5.98. The van der Waals surface area contributed by atoms with Crippen LogP contribution in [0.15, 0.2) is 42.5 Å². The van der Waals surface area contributed by atoms with Gasteiger partial charge in [-0.2, -0.15) is 0 Å². The highest BCUT2D eigenvalue weighted by Crippen LogP contribution is 2.27. The van der Waals surface area contributed by atoms with Gasteiger partial charge in [0.05, 0.1) is 31.0 Å². The summed E-state index contributed by atoms with van der Waals surface area (Å²) in [7, 11) is 3.18.